The number of piperidine rings is 1. The van der Waals surface area contributed by atoms with Crippen LogP contribution in [-0.2, 0) is 0 Å². The Morgan fingerprint density at radius 3 is 2.72 bits per heavy atom. The molecule has 202 valence electrons. The topological polar surface area (TPSA) is 114 Å². The molecule has 5 rings (SSSR count). The van der Waals surface area contributed by atoms with Crippen LogP contribution in [0.2, 0.25) is 0 Å². The first kappa shape index (κ1) is 26.5. The second-order valence-electron chi connectivity index (χ2n) is 9.64. The quantitative estimate of drug-likeness (QED) is 0.286. The normalized spacial score (nSPS) is 15.4. The minimum Gasteiger partial charge on any atom is -0.395 e. The Kier molecular flexibility index (Phi) is 7.95. The number of nitriles is 1. The highest BCUT2D eigenvalue weighted by Crippen LogP contribution is 2.29. The van der Waals surface area contributed by atoms with E-state index in [9.17, 15) is 14.0 Å². The third-order valence-electron chi connectivity index (χ3n) is 7.06. The van der Waals surface area contributed by atoms with E-state index in [0.717, 1.165) is 43.7 Å². The number of aliphatic hydroxyl groups is 1. The lowest BCUT2D eigenvalue weighted by Crippen LogP contribution is -2.40. The Balaban J connectivity index is 1.33. The molecule has 0 radical (unpaired) electrons. The maximum absolute atomic E-state index is 13.5. The maximum atomic E-state index is 13.5. The van der Waals surface area contributed by atoms with Gasteiger partial charge in [-0.25, -0.2) is 23.7 Å². The molecule has 4 aromatic rings. The number of nitrogens with one attached hydrogen (secondary N) is 2. The molecule has 0 spiro atoms. The van der Waals surface area contributed by atoms with E-state index in [1.54, 1.807) is 6.20 Å². The van der Waals surface area contributed by atoms with E-state index < -0.39 is 6.43 Å². The van der Waals surface area contributed by atoms with Gasteiger partial charge in [-0.05, 0) is 49.6 Å². The van der Waals surface area contributed by atoms with Gasteiger partial charge in [0.2, 0.25) is 5.95 Å². The number of likely N-dealkylation sites (tertiary alicyclic amines) is 1. The monoisotopic (exact) mass is 532 g/mol. The van der Waals surface area contributed by atoms with E-state index in [-0.39, 0.29) is 29.4 Å². The molecule has 0 saturated carbocycles. The minimum atomic E-state index is -2.67. The fourth-order valence-electron chi connectivity index (χ4n) is 4.96. The first-order valence-corrected chi connectivity index (χ1v) is 12.9. The summed E-state index contributed by atoms with van der Waals surface area (Å²) in [5.74, 6) is 0.311. The van der Waals surface area contributed by atoms with Crippen molar-refractivity contribution in [2.45, 2.75) is 38.3 Å². The van der Waals surface area contributed by atoms with E-state index in [1.165, 1.54) is 28.9 Å². The van der Waals surface area contributed by atoms with Gasteiger partial charge in [0.1, 0.15) is 17.4 Å². The average molecular weight is 533 g/mol. The first-order chi connectivity index (χ1) is 19.0. The lowest BCUT2D eigenvalue weighted by molar-refractivity contribution is 0.152. The van der Waals surface area contributed by atoms with Crippen molar-refractivity contribution in [1.82, 2.24) is 24.3 Å². The van der Waals surface area contributed by atoms with Gasteiger partial charge in [-0.3, -0.25) is 4.40 Å². The molecule has 3 aromatic heterocycles. The van der Waals surface area contributed by atoms with Gasteiger partial charge in [-0.1, -0.05) is 12.1 Å². The molecule has 3 N–H and O–H groups in total. The number of pyridine rings is 1. The molecule has 4 heterocycles. The van der Waals surface area contributed by atoms with E-state index in [1.807, 2.05) is 25.1 Å². The molecule has 9 nitrogen and oxygen atoms in total. The van der Waals surface area contributed by atoms with Crippen LogP contribution in [0.15, 0.2) is 55.0 Å². The highest BCUT2D eigenvalue weighted by molar-refractivity contribution is 5.68. The van der Waals surface area contributed by atoms with Crippen molar-refractivity contribution >= 4 is 17.3 Å². The summed E-state index contributed by atoms with van der Waals surface area (Å²) in [5.41, 5.74) is 2.95. The lowest BCUT2D eigenvalue weighted by atomic mass is 10.0. The zero-order valence-electron chi connectivity index (χ0n) is 21.6. The second-order valence-corrected chi connectivity index (χ2v) is 9.64. The number of imidazole rings is 1. The van der Waals surface area contributed by atoms with Crippen molar-refractivity contribution in [3.63, 3.8) is 0 Å². The number of aliphatic hydroxyl groups excluding tert-OH is 1. The Labute approximate surface area is 225 Å². The number of aromatic nitrogens is 4. The second kappa shape index (κ2) is 11.7. The SMILES string of the molecule is C[C@H](Nc1ncc(C#N)c(-c2cnc3c(C(F)F)cccn23)n1)c1cccc(NC2CCN(CCO)CC2)c1. The molecular formula is C28H30F2N8O. The van der Waals surface area contributed by atoms with Crippen LogP contribution >= 0.6 is 0 Å². The third kappa shape index (κ3) is 5.82. The van der Waals surface area contributed by atoms with Crippen LogP contribution in [-0.4, -0.2) is 61.6 Å². The van der Waals surface area contributed by atoms with Gasteiger partial charge in [0.05, 0.1) is 41.9 Å². The fourth-order valence-corrected chi connectivity index (χ4v) is 4.96. The number of benzene rings is 1. The highest BCUT2D eigenvalue weighted by atomic mass is 19.3. The molecule has 0 amide bonds. The molecular weight excluding hydrogens is 502 g/mol. The van der Waals surface area contributed by atoms with Gasteiger partial charge in [0.25, 0.3) is 6.43 Å². The predicted octanol–water partition coefficient (Wildman–Crippen LogP) is 4.64. The van der Waals surface area contributed by atoms with Gasteiger partial charge in [-0.2, -0.15) is 5.26 Å². The number of hydrogen-bond acceptors (Lipinski definition) is 8. The van der Waals surface area contributed by atoms with Crippen LogP contribution in [0.1, 0.15) is 48.9 Å². The van der Waals surface area contributed by atoms with Crippen LogP contribution in [0, 0.1) is 11.3 Å². The number of fused-ring (bicyclic) bond motifs is 1. The Hall–Kier alpha value is -4.14. The first-order valence-electron chi connectivity index (χ1n) is 12.9. The van der Waals surface area contributed by atoms with Crippen molar-refractivity contribution in [3.05, 3.63) is 71.7 Å². The maximum Gasteiger partial charge on any atom is 0.267 e. The average Bonchev–Trinajstić information content (AvgIpc) is 3.38. The van der Waals surface area contributed by atoms with Crippen LogP contribution < -0.4 is 10.6 Å². The van der Waals surface area contributed by atoms with E-state index in [0.29, 0.717) is 23.4 Å². The number of nitrogens with zero attached hydrogens (tertiary/aromatic N) is 6. The summed E-state index contributed by atoms with van der Waals surface area (Å²) in [6.45, 7) is 4.83. The summed E-state index contributed by atoms with van der Waals surface area (Å²) in [5, 5.41) is 25.7. The summed E-state index contributed by atoms with van der Waals surface area (Å²) in [7, 11) is 0. The molecule has 0 unspecified atom stereocenters. The standard InChI is InChI=1S/C28H30F2N8O/c1-18(19-4-2-5-22(14-19)35-21-7-10-37(11-8-21)12-13-39)34-28-33-16-20(15-31)25(36-28)24-17-32-27-23(26(29)30)6-3-9-38(24)27/h2-6,9,14,16-18,21,26,35,39H,7-8,10-13H2,1H3,(H,33,34,36)/t18-/m0/s1. The summed E-state index contributed by atoms with van der Waals surface area (Å²) in [6, 6.07) is 13.3. The molecule has 1 aromatic carbocycles. The van der Waals surface area contributed by atoms with Gasteiger partial charge < -0.3 is 20.6 Å². The third-order valence-corrected chi connectivity index (χ3v) is 7.06. The summed E-state index contributed by atoms with van der Waals surface area (Å²) < 4.78 is 28.5. The largest absolute Gasteiger partial charge is 0.395 e. The number of halogens is 2. The molecule has 1 fully saturated rings. The molecule has 39 heavy (non-hydrogen) atoms. The smallest absolute Gasteiger partial charge is 0.267 e. The summed E-state index contributed by atoms with van der Waals surface area (Å²) in [4.78, 5) is 15.3. The molecule has 1 saturated heterocycles. The highest BCUT2D eigenvalue weighted by Gasteiger charge is 2.21. The number of rotatable bonds is 9. The zero-order chi connectivity index (χ0) is 27.4. The summed E-state index contributed by atoms with van der Waals surface area (Å²) in [6.07, 6.45) is 3.85. The van der Waals surface area contributed by atoms with Crippen molar-refractivity contribution in [2.75, 3.05) is 36.9 Å². The Morgan fingerprint density at radius 1 is 1.15 bits per heavy atom. The summed E-state index contributed by atoms with van der Waals surface area (Å²) >= 11 is 0. The van der Waals surface area contributed by atoms with Crippen molar-refractivity contribution in [3.8, 4) is 17.5 Å². The Bertz CT molecular complexity index is 1480. The van der Waals surface area contributed by atoms with Gasteiger partial charge >= 0.3 is 0 Å². The molecule has 11 heteroatoms. The fraction of sp³-hybridized carbons (Fsp3) is 0.357. The Morgan fingerprint density at radius 2 is 1.97 bits per heavy atom. The van der Waals surface area contributed by atoms with E-state index >= 15 is 0 Å². The number of β-amino-alcohol motifs (C(OH)–C–C–N with tert-alkyl or cyclic N) is 1. The molecule has 0 bridgehead atoms. The van der Waals surface area contributed by atoms with Crippen LogP contribution in [0.4, 0.5) is 20.4 Å². The van der Waals surface area contributed by atoms with Crippen molar-refractivity contribution in [2.24, 2.45) is 0 Å². The lowest BCUT2D eigenvalue weighted by Gasteiger charge is -2.32. The number of anilines is 2. The van der Waals surface area contributed by atoms with Crippen LogP contribution in [0.3, 0.4) is 0 Å². The zero-order valence-corrected chi connectivity index (χ0v) is 21.6. The van der Waals surface area contributed by atoms with Gasteiger partial charge in [0.15, 0.2) is 0 Å². The molecule has 1 atom stereocenters. The van der Waals surface area contributed by atoms with E-state index in [4.69, 9.17) is 5.11 Å². The van der Waals surface area contributed by atoms with Gasteiger partial charge in [-0.15, -0.1) is 0 Å². The van der Waals surface area contributed by atoms with Crippen LogP contribution in [0.25, 0.3) is 17.0 Å². The number of hydrogen-bond donors (Lipinski definition) is 3. The van der Waals surface area contributed by atoms with Crippen molar-refractivity contribution in [1.29, 1.82) is 5.26 Å². The molecule has 1 aliphatic rings. The minimum absolute atomic E-state index is 0.122. The molecule has 0 aliphatic carbocycles. The van der Waals surface area contributed by atoms with E-state index in [2.05, 4.69) is 42.6 Å². The van der Waals surface area contributed by atoms with Gasteiger partial charge in [0, 0.05) is 37.6 Å². The van der Waals surface area contributed by atoms with Crippen molar-refractivity contribution < 1.29 is 13.9 Å². The van der Waals surface area contributed by atoms with Crippen LogP contribution in [0.5, 0.6) is 0 Å². The molecule has 1 aliphatic heterocycles. The predicted molar refractivity (Wildman–Crippen MR) is 145 cm³/mol. The number of alkyl halides is 2.